The second-order valence-electron chi connectivity index (χ2n) is 8.60. The molecule has 0 bridgehead atoms. The second-order valence-corrected chi connectivity index (χ2v) is 8.60. The number of pyridine rings is 1. The van der Waals surface area contributed by atoms with Gasteiger partial charge in [0.15, 0.2) is 17.3 Å². The Balaban J connectivity index is 1.90. The standard InChI is InChI=1S/C26H30N2O6/c1-14(2)18(13-29)10-22(30)16-7-6-15(3)20(9-16)27-25(31)19-8-17-11-23(33-4)24(34-5)12-21(17)28-26(19)32/h6-9,11-12,14,18,29H,10,13H2,1-5H3,(H,27,31)(H,28,32). The summed E-state index contributed by atoms with van der Waals surface area (Å²) in [4.78, 5) is 41.1. The van der Waals surface area contributed by atoms with Gasteiger partial charge in [-0.1, -0.05) is 26.0 Å². The summed E-state index contributed by atoms with van der Waals surface area (Å²) < 4.78 is 10.6. The summed E-state index contributed by atoms with van der Waals surface area (Å²) in [5, 5.41) is 12.9. The van der Waals surface area contributed by atoms with E-state index < -0.39 is 11.5 Å². The maximum atomic E-state index is 13.0. The number of aryl methyl sites for hydroxylation is 1. The summed E-state index contributed by atoms with van der Waals surface area (Å²) in [5.74, 6) is 0.239. The highest BCUT2D eigenvalue weighted by Crippen LogP contribution is 2.31. The van der Waals surface area contributed by atoms with E-state index in [1.807, 2.05) is 13.8 Å². The summed E-state index contributed by atoms with van der Waals surface area (Å²) in [5.41, 5.74) is 1.50. The molecule has 3 N–H and O–H groups in total. The molecule has 180 valence electrons. The van der Waals surface area contributed by atoms with Crippen LogP contribution in [-0.4, -0.2) is 42.6 Å². The lowest BCUT2D eigenvalue weighted by atomic mass is 9.89. The van der Waals surface area contributed by atoms with E-state index in [1.54, 1.807) is 37.3 Å². The number of benzene rings is 2. The number of carbonyl (C=O) groups is 2. The van der Waals surface area contributed by atoms with Crippen LogP contribution in [0.25, 0.3) is 10.9 Å². The van der Waals surface area contributed by atoms with Crippen molar-refractivity contribution in [1.29, 1.82) is 0 Å². The number of H-pyrrole nitrogens is 1. The monoisotopic (exact) mass is 466 g/mol. The zero-order valence-electron chi connectivity index (χ0n) is 20.0. The van der Waals surface area contributed by atoms with Crippen LogP contribution in [0.3, 0.4) is 0 Å². The molecule has 0 aliphatic carbocycles. The minimum atomic E-state index is -0.596. The van der Waals surface area contributed by atoms with Crippen molar-refractivity contribution in [2.75, 3.05) is 26.1 Å². The van der Waals surface area contributed by atoms with Gasteiger partial charge in [0.05, 0.1) is 19.7 Å². The van der Waals surface area contributed by atoms with Gasteiger partial charge in [-0.3, -0.25) is 14.4 Å². The normalized spacial score (nSPS) is 12.0. The molecule has 0 aliphatic heterocycles. The highest BCUT2D eigenvalue weighted by molar-refractivity contribution is 6.07. The number of ether oxygens (including phenoxy) is 2. The predicted octanol–water partition coefficient (Wildman–Crippen LogP) is 3.94. The van der Waals surface area contributed by atoms with Crippen molar-refractivity contribution in [3.8, 4) is 11.5 Å². The summed E-state index contributed by atoms with van der Waals surface area (Å²) in [6.45, 7) is 5.65. The van der Waals surface area contributed by atoms with Crippen molar-refractivity contribution in [3.63, 3.8) is 0 Å². The Bertz CT molecular complexity index is 1280. The molecule has 1 atom stereocenters. The van der Waals surface area contributed by atoms with E-state index in [0.29, 0.717) is 33.7 Å². The Morgan fingerprint density at radius 3 is 2.35 bits per heavy atom. The smallest absolute Gasteiger partial charge is 0.261 e. The number of anilines is 1. The fourth-order valence-corrected chi connectivity index (χ4v) is 3.69. The van der Waals surface area contributed by atoms with Gasteiger partial charge in [0.25, 0.3) is 11.5 Å². The quantitative estimate of drug-likeness (QED) is 0.411. The van der Waals surface area contributed by atoms with E-state index in [2.05, 4.69) is 10.3 Å². The lowest BCUT2D eigenvalue weighted by molar-refractivity contribution is 0.0907. The SMILES string of the molecule is COc1cc2cc(C(=O)Nc3cc(C(=O)CC(CO)C(C)C)ccc3C)c(=O)[nH]c2cc1OC. The molecule has 1 amide bonds. The maximum absolute atomic E-state index is 13.0. The zero-order valence-corrected chi connectivity index (χ0v) is 20.0. The second kappa shape index (κ2) is 10.5. The summed E-state index contributed by atoms with van der Waals surface area (Å²) >= 11 is 0. The van der Waals surface area contributed by atoms with Crippen LogP contribution in [0.2, 0.25) is 0 Å². The van der Waals surface area contributed by atoms with E-state index in [4.69, 9.17) is 9.47 Å². The van der Waals surface area contributed by atoms with Crippen LogP contribution in [0.15, 0.2) is 41.2 Å². The molecule has 0 radical (unpaired) electrons. The van der Waals surface area contributed by atoms with Crippen molar-refractivity contribution in [3.05, 3.63) is 63.4 Å². The van der Waals surface area contributed by atoms with Crippen LogP contribution in [0, 0.1) is 18.8 Å². The zero-order chi connectivity index (χ0) is 25.0. The molecule has 0 saturated carbocycles. The van der Waals surface area contributed by atoms with Crippen molar-refractivity contribution >= 4 is 28.3 Å². The van der Waals surface area contributed by atoms with Crippen LogP contribution < -0.4 is 20.3 Å². The van der Waals surface area contributed by atoms with Crippen LogP contribution in [-0.2, 0) is 0 Å². The first-order chi connectivity index (χ1) is 16.2. The van der Waals surface area contributed by atoms with Gasteiger partial charge in [0.1, 0.15) is 5.56 Å². The first-order valence-electron chi connectivity index (χ1n) is 11.0. The molecule has 0 fully saturated rings. The van der Waals surface area contributed by atoms with E-state index in [1.165, 1.54) is 20.3 Å². The van der Waals surface area contributed by atoms with Gasteiger partial charge in [-0.25, -0.2) is 0 Å². The van der Waals surface area contributed by atoms with Crippen molar-refractivity contribution in [2.45, 2.75) is 27.2 Å². The molecule has 0 saturated heterocycles. The third-order valence-corrected chi connectivity index (χ3v) is 6.03. The lowest BCUT2D eigenvalue weighted by Gasteiger charge is -2.17. The van der Waals surface area contributed by atoms with Gasteiger partial charge in [0, 0.05) is 35.7 Å². The number of hydrogen-bond donors (Lipinski definition) is 3. The number of ketones is 1. The number of aromatic amines is 1. The highest BCUT2D eigenvalue weighted by Gasteiger charge is 2.20. The number of nitrogens with one attached hydrogen (secondary N) is 2. The molecule has 3 aromatic rings. The van der Waals surface area contributed by atoms with Crippen molar-refractivity contribution < 1.29 is 24.2 Å². The van der Waals surface area contributed by atoms with Gasteiger partial charge >= 0.3 is 0 Å². The maximum Gasteiger partial charge on any atom is 0.261 e. The van der Waals surface area contributed by atoms with Crippen LogP contribution in [0.1, 0.15) is 46.5 Å². The number of Topliss-reactive ketones (excluding diaryl/α,β-unsaturated/α-hetero) is 1. The Hall–Kier alpha value is -3.65. The summed E-state index contributed by atoms with van der Waals surface area (Å²) in [7, 11) is 3.00. The number of aromatic nitrogens is 1. The number of aliphatic hydroxyl groups excluding tert-OH is 1. The average Bonchev–Trinajstić information content (AvgIpc) is 2.81. The molecule has 34 heavy (non-hydrogen) atoms. The number of fused-ring (bicyclic) bond motifs is 1. The number of hydrogen-bond acceptors (Lipinski definition) is 6. The van der Waals surface area contributed by atoms with Gasteiger partial charge in [-0.15, -0.1) is 0 Å². The minimum Gasteiger partial charge on any atom is -0.493 e. The van der Waals surface area contributed by atoms with Crippen LogP contribution in [0.5, 0.6) is 11.5 Å². The van der Waals surface area contributed by atoms with E-state index in [0.717, 1.165) is 5.56 Å². The molecule has 0 aliphatic rings. The molecule has 8 heteroatoms. The molecule has 8 nitrogen and oxygen atoms in total. The number of rotatable bonds is 9. The van der Waals surface area contributed by atoms with Crippen LogP contribution >= 0.6 is 0 Å². The minimum absolute atomic E-state index is 0.0692. The number of aliphatic hydroxyl groups is 1. The Kier molecular flexibility index (Phi) is 7.73. The first-order valence-corrected chi connectivity index (χ1v) is 11.0. The Labute approximate surface area is 197 Å². The topological polar surface area (TPSA) is 118 Å². The number of methoxy groups -OCH3 is 2. The molecule has 1 aromatic heterocycles. The number of amides is 1. The highest BCUT2D eigenvalue weighted by atomic mass is 16.5. The number of carbonyl (C=O) groups excluding carboxylic acids is 2. The third kappa shape index (κ3) is 5.28. The molecule has 2 aromatic carbocycles. The molecule has 0 spiro atoms. The van der Waals surface area contributed by atoms with Gasteiger partial charge < -0.3 is 24.9 Å². The first kappa shape index (κ1) is 25.0. The van der Waals surface area contributed by atoms with E-state index in [9.17, 15) is 19.5 Å². The average molecular weight is 467 g/mol. The van der Waals surface area contributed by atoms with E-state index in [-0.39, 0.29) is 36.2 Å². The molecular formula is C26H30N2O6. The summed E-state index contributed by atoms with van der Waals surface area (Å²) in [6, 6.07) is 9.85. The van der Waals surface area contributed by atoms with Gasteiger partial charge in [-0.05, 0) is 42.5 Å². The molecular weight excluding hydrogens is 436 g/mol. The van der Waals surface area contributed by atoms with Gasteiger partial charge in [0.2, 0.25) is 0 Å². The predicted molar refractivity (Wildman–Crippen MR) is 131 cm³/mol. The lowest BCUT2D eigenvalue weighted by Crippen LogP contribution is -2.23. The van der Waals surface area contributed by atoms with Gasteiger partial charge in [-0.2, -0.15) is 0 Å². The Morgan fingerprint density at radius 1 is 1.06 bits per heavy atom. The third-order valence-electron chi connectivity index (χ3n) is 6.03. The molecule has 3 rings (SSSR count). The van der Waals surface area contributed by atoms with Crippen molar-refractivity contribution in [1.82, 2.24) is 4.98 Å². The molecule has 1 unspecified atom stereocenters. The fourth-order valence-electron chi connectivity index (χ4n) is 3.69. The molecule has 1 heterocycles. The Morgan fingerprint density at radius 2 is 1.74 bits per heavy atom. The van der Waals surface area contributed by atoms with Crippen molar-refractivity contribution in [2.24, 2.45) is 11.8 Å². The van der Waals surface area contributed by atoms with E-state index >= 15 is 0 Å². The summed E-state index contributed by atoms with van der Waals surface area (Å²) in [6.07, 6.45) is 0.209. The van der Waals surface area contributed by atoms with Crippen LogP contribution in [0.4, 0.5) is 5.69 Å². The largest absolute Gasteiger partial charge is 0.493 e. The fraction of sp³-hybridized carbons (Fsp3) is 0.346.